The Hall–Kier alpha value is -1.09. The highest BCUT2D eigenvalue weighted by atomic mass is 15.2. The summed E-state index contributed by atoms with van der Waals surface area (Å²) < 4.78 is 0. The third kappa shape index (κ3) is 2.51. The summed E-state index contributed by atoms with van der Waals surface area (Å²) in [6, 6.07) is 4.81. The fourth-order valence-corrected chi connectivity index (χ4v) is 2.97. The molecule has 2 N–H and O–H groups in total. The summed E-state index contributed by atoms with van der Waals surface area (Å²) in [6.07, 6.45) is 1.32. The highest BCUT2D eigenvalue weighted by molar-refractivity contribution is 5.43. The van der Waals surface area contributed by atoms with Gasteiger partial charge in [0.2, 0.25) is 0 Å². The molecule has 1 aromatic heterocycles. The Balaban J connectivity index is 2.27. The normalized spacial score (nSPS) is 28.5. The van der Waals surface area contributed by atoms with Gasteiger partial charge in [0.15, 0.2) is 0 Å². The summed E-state index contributed by atoms with van der Waals surface area (Å²) in [4.78, 5) is 7.18. The minimum Gasteiger partial charge on any atom is -0.353 e. The molecule has 2 heterocycles. The van der Waals surface area contributed by atoms with Gasteiger partial charge in [-0.05, 0) is 43.7 Å². The maximum absolute atomic E-state index is 5.70. The summed E-state index contributed by atoms with van der Waals surface area (Å²) in [5.41, 5.74) is 7.90. The fraction of sp³-hybridized carbons (Fsp3) is 0.667. The molecule has 0 spiro atoms. The Morgan fingerprint density at radius 3 is 2.67 bits per heavy atom. The van der Waals surface area contributed by atoms with E-state index in [1.165, 1.54) is 6.42 Å². The Bertz CT molecular complexity index is 416. The second-order valence-electron chi connectivity index (χ2n) is 5.83. The van der Waals surface area contributed by atoms with E-state index in [4.69, 9.17) is 10.7 Å². The van der Waals surface area contributed by atoms with Crippen LogP contribution >= 0.6 is 0 Å². The number of aromatic nitrogens is 1. The van der Waals surface area contributed by atoms with Crippen LogP contribution in [0.25, 0.3) is 0 Å². The van der Waals surface area contributed by atoms with Crippen molar-refractivity contribution in [2.45, 2.75) is 46.7 Å². The molecule has 0 bridgehead atoms. The van der Waals surface area contributed by atoms with Crippen LogP contribution in [-0.4, -0.2) is 17.6 Å². The van der Waals surface area contributed by atoms with E-state index < -0.39 is 0 Å². The fourth-order valence-electron chi connectivity index (χ4n) is 2.97. The second kappa shape index (κ2) is 5.27. The predicted octanol–water partition coefficient (Wildman–Crippen LogP) is 2.72. The first-order chi connectivity index (χ1) is 8.52. The van der Waals surface area contributed by atoms with Crippen LogP contribution in [0, 0.1) is 18.8 Å². The van der Waals surface area contributed by atoms with Crippen LogP contribution in [0.1, 0.15) is 38.4 Å². The number of nitrogens with two attached hydrogens (primary N) is 1. The molecule has 3 nitrogen and oxygen atoms in total. The third-order valence-electron chi connectivity index (χ3n) is 4.29. The molecule has 0 aromatic carbocycles. The molecular weight excluding hydrogens is 222 g/mol. The van der Waals surface area contributed by atoms with Crippen molar-refractivity contribution in [1.29, 1.82) is 0 Å². The Labute approximate surface area is 110 Å². The van der Waals surface area contributed by atoms with Crippen molar-refractivity contribution in [1.82, 2.24) is 4.98 Å². The molecule has 3 unspecified atom stereocenters. The molecule has 0 saturated carbocycles. The van der Waals surface area contributed by atoms with Crippen LogP contribution in [0.3, 0.4) is 0 Å². The molecule has 0 amide bonds. The van der Waals surface area contributed by atoms with Crippen LogP contribution in [0.2, 0.25) is 0 Å². The number of pyridine rings is 1. The van der Waals surface area contributed by atoms with Crippen molar-refractivity contribution in [3.05, 3.63) is 23.4 Å². The Morgan fingerprint density at radius 1 is 1.33 bits per heavy atom. The Kier molecular flexibility index (Phi) is 3.91. The van der Waals surface area contributed by atoms with Crippen LogP contribution in [0.15, 0.2) is 12.1 Å². The highest BCUT2D eigenvalue weighted by Gasteiger charge is 2.29. The first-order valence-electron chi connectivity index (χ1n) is 6.96. The molecule has 2 rings (SSSR count). The van der Waals surface area contributed by atoms with Crippen LogP contribution in [0.5, 0.6) is 0 Å². The van der Waals surface area contributed by atoms with Gasteiger partial charge >= 0.3 is 0 Å². The standard InChI is InChI=1S/C15H25N3/c1-10-7-11(2)13(4)18(9-10)15-6-5-14(8-16)12(3)17-15/h5-6,10-11,13H,7-9,16H2,1-4H3. The minimum absolute atomic E-state index is 0.567. The van der Waals surface area contributed by atoms with Gasteiger partial charge in [0.05, 0.1) is 0 Å². The van der Waals surface area contributed by atoms with Crippen LogP contribution in [0.4, 0.5) is 5.82 Å². The van der Waals surface area contributed by atoms with Gasteiger partial charge in [-0.2, -0.15) is 0 Å². The van der Waals surface area contributed by atoms with Gasteiger partial charge < -0.3 is 10.6 Å². The lowest BCUT2D eigenvalue weighted by Crippen LogP contribution is -2.46. The number of aryl methyl sites for hydroxylation is 1. The second-order valence-corrected chi connectivity index (χ2v) is 5.83. The number of rotatable bonds is 2. The Morgan fingerprint density at radius 2 is 2.06 bits per heavy atom. The first-order valence-corrected chi connectivity index (χ1v) is 6.96. The maximum atomic E-state index is 5.70. The van der Waals surface area contributed by atoms with Crippen molar-refractivity contribution >= 4 is 5.82 Å². The van der Waals surface area contributed by atoms with E-state index >= 15 is 0 Å². The van der Waals surface area contributed by atoms with Gasteiger partial charge in [-0.15, -0.1) is 0 Å². The van der Waals surface area contributed by atoms with Crippen molar-refractivity contribution in [3.8, 4) is 0 Å². The zero-order valence-corrected chi connectivity index (χ0v) is 12.0. The molecule has 1 saturated heterocycles. The van der Waals surface area contributed by atoms with E-state index in [1.54, 1.807) is 0 Å². The van der Waals surface area contributed by atoms with Gasteiger partial charge in [-0.3, -0.25) is 0 Å². The third-order valence-corrected chi connectivity index (χ3v) is 4.29. The van der Waals surface area contributed by atoms with Gasteiger partial charge in [0.1, 0.15) is 5.82 Å². The van der Waals surface area contributed by atoms with Crippen molar-refractivity contribution in [3.63, 3.8) is 0 Å². The molecule has 100 valence electrons. The number of anilines is 1. The van der Waals surface area contributed by atoms with E-state index in [1.807, 2.05) is 6.92 Å². The molecule has 3 atom stereocenters. The monoisotopic (exact) mass is 247 g/mol. The van der Waals surface area contributed by atoms with Crippen molar-refractivity contribution in [2.24, 2.45) is 17.6 Å². The minimum atomic E-state index is 0.567. The summed E-state index contributed by atoms with van der Waals surface area (Å²) in [5, 5.41) is 0. The topological polar surface area (TPSA) is 42.2 Å². The average molecular weight is 247 g/mol. The average Bonchev–Trinajstić information content (AvgIpc) is 2.33. The van der Waals surface area contributed by atoms with Gasteiger partial charge in [0.25, 0.3) is 0 Å². The lowest BCUT2D eigenvalue weighted by molar-refractivity contribution is 0.295. The highest BCUT2D eigenvalue weighted by Crippen LogP contribution is 2.30. The number of hydrogen-bond acceptors (Lipinski definition) is 3. The molecule has 1 fully saturated rings. The summed E-state index contributed by atoms with van der Waals surface area (Å²) >= 11 is 0. The van der Waals surface area contributed by atoms with E-state index in [-0.39, 0.29) is 0 Å². The molecule has 3 heteroatoms. The first kappa shape index (κ1) is 13.3. The zero-order chi connectivity index (χ0) is 13.3. The predicted molar refractivity (Wildman–Crippen MR) is 76.6 cm³/mol. The maximum Gasteiger partial charge on any atom is 0.129 e. The molecule has 0 radical (unpaired) electrons. The van der Waals surface area contributed by atoms with E-state index in [0.717, 1.165) is 35.5 Å². The summed E-state index contributed by atoms with van der Waals surface area (Å²) in [7, 11) is 0. The molecular formula is C15H25N3. The quantitative estimate of drug-likeness (QED) is 0.873. The molecule has 0 aliphatic carbocycles. The molecule has 1 aromatic rings. The smallest absolute Gasteiger partial charge is 0.129 e. The summed E-state index contributed by atoms with van der Waals surface area (Å²) in [5.74, 6) is 2.58. The number of piperidine rings is 1. The SMILES string of the molecule is Cc1nc(N2CC(C)CC(C)C2C)ccc1CN. The van der Waals surface area contributed by atoms with Gasteiger partial charge in [-0.25, -0.2) is 4.98 Å². The van der Waals surface area contributed by atoms with Crippen molar-refractivity contribution < 1.29 is 0 Å². The molecule has 1 aliphatic rings. The summed E-state index contributed by atoms with van der Waals surface area (Å²) in [6.45, 7) is 10.7. The van der Waals surface area contributed by atoms with E-state index in [2.05, 4.69) is 37.8 Å². The zero-order valence-electron chi connectivity index (χ0n) is 12.0. The number of nitrogens with zero attached hydrogens (tertiary/aromatic N) is 2. The molecule has 18 heavy (non-hydrogen) atoms. The number of hydrogen-bond donors (Lipinski definition) is 1. The van der Waals surface area contributed by atoms with Crippen LogP contribution < -0.4 is 10.6 Å². The molecule has 1 aliphatic heterocycles. The largest absolute Gasteiger partial charge is 0.353 e. The van der Waals surface area contributed by atoms with Gasteiger partial charge in [0, 0.05) is 24.8 Å². The van der Waals surface area contributed by atoms with E-state index in [9.17, 15) is 0 Å². The van der Waals surface area contributed by atoms with E-state index in [0.29, 0.717) is 12.6 Å². The van der Waals surface area contributed by atoms with Crippen molar-refractivity contribution in [2.75, 3.05) is 11.4 Å². The van der Waals surface area contributed by atoms with Gasteiger partial charge in [-0.1, -0.05) is 19.9 Å². The lowest BCUT2D eigenvalue weighted by atomic mass is 9.86. The lowest BCUT2D eigenvalue weighted by Gasteiger charge is -2.42. The van der Waals surface area contributed by atoms with Crippen LogP contribution in [-0.2, 0) is 6.54 Å².